The Labute approximate surface area is 110 Å². The van der Waals surface area contributed by atoms with Gasteiger partial charge in [0.05, 0.1) is 18.4 Å². The largest absolute Gasteiger partial charge is 0.362 e. The zero-order valence-corrected chi connectivity index (χ0v) is 10.5. The molecule has 2 aromatic heterocycles. The van der Waals surface area contributed by atoms with Gasteiger partial charge in [0.2, 0.25) is 5.95 Å². The highest BCUT2D eigenvalue weighted by atomic mass is 19.1. The fourth-order valence-electron chi connectivity index (χ4n) is 1.68. The lowest BCUT2D eigenvalue weighted by Gasteiger charge is -2.09. The molecule has 0 fully saturated rings. The second-order valence-electron chi connectivity index (χ2n) is 3.85. The molecule has 7 heteroatoms. The number of nitrogen functional groups attached to an aromatic ring is 1. The average molecular weight is 262 g/mol. The van der Waals surface area contributed by atoms with E-state index in [9.17, 15) is 4.39 Å². The van der Waals surface area contributed by atoms with Crippen LogP contribution in [0.15, 0.2) is 24.5 Å². The standard InChI is InChI=1S/C12H15FN6/c1-2-8-4-3-5-15-10(8)7-16-11-9(13)6-17-12(18-11)19-14/h3-6H,2,7,14H2,1H3,(H2,16,17,18,19). The first-order chi connectivity index (χ1) is 9.24. The maximum absolute atomic E-state index is 13.5. The lowest BCUT2D eigenvalue weighted by molar-refractivity contribution is 0.617. The minimum Gasteiger partial charge on any atom is -0.362 e. The first-order valence-corrected chi connectivity index (χ1v) is 5.90. The van der Waals surface area contributed by atoms with Crippen molar-refractivity contribution in [3.05, 3.63) is 41.6 Å². The minimum absolute atomic E-state index is 0.0932. The normalized spacial score (nSPS) is 10.3. The number of aromatic nitrogens is 3. The Morgan fingerprint density at radius 2 is 2.21 bits per heavy atom. The van der Waals surface area contributed by atoms with Gasteiger partial charge in [-0.1, -0.05) is 13.0 Å². The van der Waals surface area contributed by atoms with Crippen molar-refractivity contribution >= 4 is 11.8 Å². The summed E-state index contributed by atoms with van der Waals surface area (Å²) in [4.78, 5) is 11.8. The summed E-state index contributed by atoms with van der Waals surface area (Å²) in [6.07, 6.45) is 3.63. The zero-order chi connectivity index (χ0) is 13.7. The van der Waals surface area contributed by atoms with Crippen LogP contribution in [0, 0.1) is 5.82 Å². The maximum Gasteiger partial charge on any atom is 0.239 e. The van der Waals surface area contributed by atoms with Crippen molar-refractivity contribution in [2.75, 3.05) is 10.7 Å². The van der Waals surface area contributed by atoms with Crippen LogP contribution in [0.25, 0.3) is 0 Å². The summed E-state index contributed by atoms with van der Waals surface area (Å²) in [6, 6.07) is 3.87. The van der Waals surface area contributed by atoms with E-state index in [4.69, 9.17) is 5.84 Å². The molecule has 100 valence electrons. The third-order valence-electron chi connectivity index (χ3n) is 2.66. The molecule has 0 unspecified atom stereocenters. The van der Waals surface area contributed by atoms with Crippen LogP contribution >= 0.6 is 0 Å². The van der Waals surface area contributed by atoms with Crippen molar-refractivity contribution < 1.29 is 4.39 Å². The molecule has 0 radical (unpaired) electrons. The lowest BCUT2D eigenvalue weighted by Crippen LogP contribution is -2.13. The van der Waals surface area contributed by atoms with E-state index in [2.05, 4.69) is 25.7 Å². The van der Waals surface area contributed by atoms with Gasteiger partial charge in [-0.05, 0) is 18.1 Å². The number of hydrogen-bond acceptors (Lipinski definition) is 6. The molecule has 19 heavy (non-hydrogen) atoms. The molecule has 2 heterocycles. The molecule has 6 nitrogen and oxygen atoms in total. The van der Waals surface area contributed by atoms with Crippen molar-refractivity contribution in [1.82, 2.24) is 15.0 Å². The molecule has 0 amide bonds. The van der Waals surface area contributed by atoms with Crippen molar-refractivity contribution in [2.45, 2.75) is 19.9 Å². The summed E-state index contributed by atoms with van der Waals surface area (Å²) in [6.45, 7) is 2.43. The van der Waals surface area contributed by atoms with Crippen LogP contribution in [0.3, 0.4) is 0 Å². The van der Waals surface area contributed by atoms with E-state index >= 15 is 0 Å². The molecule has 0 saturated heterocycles. The first-order valence-electron chi connectivity index (χ1n) is 5.90. The molecule has 0 aliphatic heterocycles. The number of nitrogens with two attached hydrogens (primary N) is 1. The Kier molecular flexibility index (Phi) is 4.19. The van der Waals surface area contributed by atoms with Crippen molar-refractivity contribution in [3.63, 3.8) is 0 Å². The molecule has 4 N–H and O–H groups in total. The Morgan fingerprint density at radius 3 is 2.95 bits per heavy atom. The van der Waals surface area contributed by atoms with E-state index in [1.807, 2.05) is 19.1 Å². The summed E-state index contributed by atoms with van der Waals surface area (Å²) >= 11 is 0. The molecule has 2 aromatic rings. The molecule has 0 aromatic carbocycles. The molecule has 0 bridgehead atoms. The summed E-state index contributed by atoms with van der Waals surface area (Å²) in [7, 11) is 0. The van der Waals surface area contributed by atoms with Gasteiger partial charge in [0.1, 0.15) is 0 Å². The lowest BCUT2D eigenvalue weighted by atomic mass is 10.1. The molecule has 0 aliphatic carbocycles. The Hall–Kier alpha value is -2.28. The summed E-state index contributed by atoms with van der Waals surface area (Å²) < 4.78 is 13.5. The van der Waals surface area contributed by atoms with Crippen LogP contribution in [-0.2, 0) is 13.0 Å². The second kappa shape index (κ2) is 6.05. The molecular weight excluding hydrogens is 247 g/mol. The number of hydrazine groups is 1. The van der Waals surface area contributed by atoms with Crippen molar-refractivity contribution in [3.8, 4) is 0 Å². The predicted octanol–water partition coefficient (Wildman–Crippen LogP) is 1.47. The highest BCUT2D eigenvalue weighted by Crippen LogP contribution is 2.13. The van der Waals surface area contributed by atoms with E-state index in [0.717, 1.165) is 23.9 Å². The van der Waals surface area contributed by atoms with Crippen LogP contribution in [-0.4, -0.2) is 15.0 Å². The quantitative estimate of drug-likeness (QED) is 0.558. The Morgan fingerprint density at radius 1 is 1.37 bits per heavy atom. The van der Waals surface area contributed by atoms with Crippen LogP contribution in [0.2, 0.25) is 0 Å². The van der Waals surface area contributed by atoms with Gasteiger partial charge in [-0.25, -0.2) is 15.2 Å². The van der Waals surface area contributed by atoms with E-state index in [1.165, 1.54) is 0 Å². The SMILES string of the molecule is CCc1cccnc1CNc1nc(NN)ncc1F. The van der Waals surface area contributed by atoms with Gasteiger partial charge in [-0.15, -0.1) is 0 Å². The Bertz CT molecular complexity index is 560. The number of halogens is 1. The molecular formula is C12H15FN6. The van der Waals surface area contributed by atoms with Crippen LogP contribution in [0.5, 0.6) is 0 Å². The maximum atomic E-state index is 13.5. The van der Waals surface area contributed by atoms with E-state index in [1.54, 1.807) is 6.20 Å². The third-order valence-corrected chi connectivity index (χ3v) is 2.66. The molecule has 0 spiro atoms. The van der Waals surface area contributed by atoms with Gasteiger partial charge < -0.3 is 5.32 Å². The fraction of sp³-hybridized carbons (Fsp3) is 0.250. The number of nitrogens with one attached hydrogen (secondary N) is 2. The van der Waals surface area contributed by atoms with Gasteiger partial charge in [-0.3, -0.25) is 10.4 Å². The highest BCUT2D eigenvalue weighted by Gasteiger charge is 2.07. The van der Waals surface area contributed by atoms with Gasteiger partial charge >= 0.3 is 0 Å². The molecule has 0 atom stereocenters. The summed E-state index contributed by atoms with van der Waals surface area (Å²) in [5.74, 6) is 4.90. The van der Waals surface area contributed by atoms with Crippen LogP contribution < -0.4 is 16.6 Å². The topological polar surface area (TPSA) is 88.8 Å². The number of hydrogen-bond donors (Lipinski definition) is 3. The average Bonchev–Trinajstić information content (AvgIpc) is 2.46. The van der Waals surface area contributed by atoms with Gasteiger partial charge in [0.25, 0.3) is 0 Å². The summed E-state index contributed by atoms with van der Waals surface area (Å²) in [5, 5.41) is 2.89. The predicted molar refractivity (Wildman–Crippen MR) is 70.7 cm³/mol. The number of rotatable bonds is 5. The van der Waals surface area contributed by atoms with E-state index in [-0.39, 0.29) is 11.8 Å². The number of nitrogens with zero attached hydrogens (tertiary/aromatic N) is 3. The van der Waals surface area contributed by atoms with E-state index in [0.29, 0.717) is 6.54 Å². The van der Waals surface area contributed by atoms with Gasteiger partial charge in [-0.2, -0.15) is 4.98 Å². The van der Waals surface area contributed by atoms with E-state index < -0.39 is 5.82 Å². The minimum atomic E-state index is -0.534. The van der Waals surface area contributed by atoms with Crippen molar-refractivity contribution in [2.24, 2.45) is 5.84 Å². The number of pyridine rings is 1. The number of anilines is 2. The smallest absolute Gasteiger partial charge is 0.239 e. The molecule has 2 rings (SSSR count). The molecule has 0 aliphatic rings. The van der Waals surface area contributed by atoms with Crippen molar-refractivity contribution in [1.29, 1.82) is 0 Å². The third kappa shape index (κ3) is 3.14. The van der Waals surface area contributed by atoms with Crippen LogP contribution in [0.1, 0.15) is 18.2 Å². The molecule has 0 saturated carbocycles. The number of aryl methyl sites for hydroxylation is 1. The highest BCUT2D eigenvalue weighted by molar-refractivity contribution is 5.41. The van der Waals surface area contributed by atoms with Gasteiger partial charge in [0.15, 0.2) is 11.6 Å². The Balaban J connectivity index is 2.14. The second-order valence-corrected chi connectivity index (χ2v) is 3.85. The zero-order valence-electron chi connectivity index (χ0n) is 10.5. The monoisotopic (exact) mass is 262 g/mol. The summed E-state index contributed by atoms with van der Waals surface area (Å²) in [5.41, 5.74) is 4.25. The van der Waals surface area contributed by atoms with Crippen LogP contribution in [0.4, 0.5) is 16.2 Å². The van der Waals surface area contributed by atoms with Gasteiger partial charge in [0, 0.05) is 6.20 Å². The fourth-order valence-corrected chi connectivity index (χ4v) is 1.68. The first kappa shape index (κ1) is 13.2.